The lowest BCUT2D eigenvalue weighted by molar-refractivity contribution is -0.214. The largest absolute Gasteiger partial charge is 0.465 e. The van der Waals surface area contributed by atoms with E-state index in [2.05, 4.69) is 9.55 Å². The number of imidazole rings is 1. The number of hydrogen-bond acceptors (Lipinski definition) is 3. The molecule has 6 nitrogen and oxygen atoms in total. The molecule has 0 radical (unpaired) electrons. The van der Waals surface area contributed by atoms with Gasteiger partial charge >= 0.3 is 6.09 Å². The first-order valence-corrected chi connectivity index (χ1v) is 9.44. The number of carboxylic acid groups (broad SMARTS) is 1. The summed E-state index contributed by atoms with van der Waals surface area (Å²) in [7, 11) is 0. The van der Waals surface area contributed by atoms with Gasteiger partial charge in [0.2, 0.25) is 0 Å². The van der Waals surface area contributed by atoms with E-state index in [1.165, 1.54) is 0 Å². The van der Waals surface area contributed by atoms with Crippen LogP contribution >= 0.6 is 0 Å². The fraction of sp³-hybridized carbons (Fsp3) is 0.524. The molecule has 144 valence electrons. The van der Waals surface area contributed by atoms with Crippen molar-refractivity contribution >= 4 is 6.09 Å². The molecule has 1 aromatic heterocycles. The van der Waals surface area contributed by atoms with E-state index in [1.807, 2.05) is 63.5 Å². The maximum Gasteiger partial charge on any atom is 0.408 e. The second-order valence-corrected chi connectivity index (χ2v) is 8.96. The Hall–Kier alpha value is -2.34. The van der Waals surface area contributed by atoms with Crippen LogP contribution in [0.25, 0.3) is 0 Å². The number of hydrogen-bond donors (Lipinski definition) is 1. The van der Waals surface area contributed by atoms with Crippen molar-refractivity contribution in [3.63, 3.8) is 0 Å². The molecule has 2 bridgehead atoms. The first kappa shape index (κ1) is 18.0. The minimum Gasteiger partial charge on any atom is -0.465 e. The Morgan fingerprint density at radius 3 is 2.48 bits per heavy atom. The van der Waals surface area contributed by atoms with Gasteiger partial charge in [-0.05, 0) is 45.6 Å². The molecule has 1 amide bonds. The highest BCUT2D eigenvalue weighted by Crippen LogP contribution is 2.69. The maximum absolute atomic E-state index is 11.8. The van der Waals surface area contributed by atoms with E-state index < -0.39 is 11.6 Å². The van der Waals surface area contributed by atoms with E-state index in [-0.39, 0.29) is 11.1 Å². The van der Waals surface area contributed by atoms with Crippen LogP contribution in [0.3, 0.4) is 0 Å². The van der Waals surface area contributed by atoms with Crippen molar-refractivity contribution in [3.8, 4) is 0 Å². The van der Waals surface area contributed by atoms with Crippen LogP contribution < -0.4 is 0 Å². The molecular formula is C21H27N3O3. The van der Waals surface area contributed by atoms with Crippen molar-refractivity contribution in [3.05, 3.63) is 54.1 Å². The first-order chi connectivity index (χ1) is 12.8. The second kappa shape index (κ2) is 6.09. The van der Waals surface area contributed by atoms with Gasteiger partial charge in [0, 0.05) is 17.9 Å². The van der Waals surface area contributed by atoms with Gasteiger partial charge in [0.25, 0.3) is 0 Å². The second-order valence-electron chi connectivity index (χ2n) is 8.96. The Bertz CT molecular complexity index is 818. The maximum atomic E-state index is 11.8. The van der Waals surface area contributed by atoms with Crippen LogP contribution in [0.4, 0.5) is 4.79 Å². The lowest BCUT2D eigenvalue weighted by Gasteiger charge is -2.75. The molecule has 1 aromatic carbocycles. The van der Waals surface area contributed by atoms with Crippen LogP contribution in [0.2, 0.25) is 0 Å². The first-order valence-electron chi connectivity index (χ1n) is 9.44. The van der Waals surface area contributed by atoms with Crippen molar-refractivity contribution < 1.29 is 14.6 Å². The molecule has 5 rings (SSSR count). The summed E-state index contributed by atoms with van der Waals surface area (Å²) in [6.07, 6.45) is 5.55. The highest BCUT2D eigenvalue weighted by Gasteiger charge is 2.73. The van der Waals surface area contributed by atoms with Crippen molar-refractivity contribution in [1.29, 1.82) is 0 Å². The van der Waals surface area contributed by atoms with Crippen LogP contribution in [0.15, 0.2) is 42.7 Å². The molecule has 3 aliphatic rings. The molecule has 1 N–H and O–H groups in total. The molecule has 0 aliphatic heterocycles. The van der Waals surface area contributed by atoms with Crippen LogP contribution in [0.1, 0.15) is 51.4 Å². The quantitative estimate of drug-likeness (QED) is 0.835. The monoisotopic (exact) mass is 369 g/mol. The van der Waals surface area contributed by atoms with Crippen molar-refractivity contribution in [2.45, 2.75) is 69.9 Å². The van der Waals surface area contributed by atoms with Gasteiger partial charge < -0.3 is 14.4 Å². The lowest BCUT2D eigenvalue weighted by atomic mass is 9.42. The molecule has 0 unspecified atom stereocenters. The van der Waals surface area contributed by atoms with E-state index in [1.54, 1.807) is 4.90 Å². The molecule has 3 saturated carbocycles. The van der Waals surface area contributed by atoms with Gasteiger partial charge in [-0.2, -0.15) is 0 Å². The molecule has 6 heteroatoms. The van der Waals surface area contributed by atoms with Crippen LogP contribution in [0, 0.1) is 0 Å². The van der Waals surface area contributed by atoms with E-state index in [0.717, 1.165) is 30.7 Å². The number of benzene rings is 1. The normalized spacial score (nSPS) is 26.2. The molecule has 0 atom stereocenters. The standard InChI is InChI=1S/C21H27N3O3/c1-19(2,3)24(18(25)26)21-13-20(14-21,15-21)23-10-9-22-17(23)12-27-11-16-7-5-4-6-8-16/h4-10H,11-15H2,1-3H3,(H,25,26). The zero-order valence-electron chi connectivity index (χ0n) is 16.2. The van der Waals surface area contributed by atoms with Gasteiger partial charge in [0.1, 0.15) is 12.4 Å². The Balaban J connectivity index is 1.41. The SMILES string of the molecule is CC(C)(C)N(C(=O)O)C12CC(n3ccnc3COCc3ccccc3)(C1)C2. The summed E-state index contributed by atoms with van der Waals surface area (Å²) in [6.45, 7) is 6.91. The average molecular weight is 369 g/mol. The molecule has 1 heterocycles. The summed E-state index contributed by atoms with van der Waals surface area (Å²) in [5.41, 5.74) is 0.522. The number of nitrogens with zero attached hydrogens (tertiary/aromatic N) is 3. The number of aromatic nitrogens is 2. The highest BCUT2D eigenvalue weighted by atomic mass is 16.5. The minimum absolute atomic E-state index is 0.000883. The summed E-state index contributed by atoms with van der Waals surface area (Å²) >= 11 is 0. The summed E-state index contributed by atoms with van der Waals surface area (Å²) in [5.74, 6) is 0.914. The predicted molar refractivity (Wildman–Crippen MR) is 101 cm³/mol. The van der Waals surface area contributed by atoms with E-state index in [0.29, 0.717) is 13.2 Å². The van der Waals surface area contributed by atoms with E-state index >= 15 is 0 Å². The predicted octanol–water partition coefficient (Wildman–Crippen LogP) is 4.01. The van der Waals surface area contributed by atoms with Gasteiger partial charge in [-0.15, -0.1) is 0 Å². The van der Waals surface area contributed by atoms with E-state index in [4.69, 9.17) is 4.74 Å². The number of ether oxygens (including phenoxy) is 1. The molecule has 0 saturated heterocycles. The summed E-state index contributed by atoms with van der Waals surface area (Å²) < 4.78 is 8.07. The zero-order chi connectivity index (χ0) is 19.3. The Labute approximate surface area is 159 Å². The summed E-state index contributed by atoms with van der Waals surface area (Å²) in [4.78, 5) is 18.0. The fourth-order valence-corrected chi connectivity index (χ4v) is 5.08. The Morgan fingerprint density at radius 2 is 1.89 bits per heavy atom. The van der Waals surface area contributed by atoms with Crippen molar-refractivity contribution in [2.75, 3.05) is 0 Å². The number of rotatable bonds is 6. The zero-order valence-corrected chi connectivity index (χ0v) is 16.2. The Kier molecular flexibility index (Phi) is 4.07. The van der Waals surface area contributed by atoms with Gasteiger partial charge in [-0.3, -0.25) is 4.90 Å². The number of amides is 1. The fourth-order valence-electron chi connectivity index (χ4n) is 5.08. The Morgan fingerprint density at radius 1 is 1.22 bits per heavy atom. The number of carbonyl (C=O) groups is 1. The van der Waals surface area contributed by atoms with Gasteiger partial charge in [0.15, 0.2) is 0 Å². The van der Waals surface area contributed by atoms with Crippen LogP contribution in [-0.2, 0) is 23.5 Å². The minimum atomic E-state index is -0.826. The van der Waals surface area contributed by atoms with Crippen molar-refractivity contribution in [2.24, 2.45) is 0 Å². The molecule has 3 aliphatic carbocycles. The average Bonchev–Trinajstić information content (AvgIpc) is 2.97. The molecular weight excluding hydrogens is 342 g/mol. The third-order valence-electron chi connectivity index (χ3n) is 5.88. The van der Waals surface area contributed by atoms with E-state index in [9.17, 15) is 9.90 Å². The topological polar surface area (TPSA) is 67.6 Å². The van der Waals surface area contributed by atoms with Gasteiger partial charge in [-0.25, -0.2) is 9.78 Å². The third-order valence-corrected chi connectivity index (χ3v) is 5.88. The molecule has 27 heavy (non-hydrogen) atoms. The van der Waals surface area contributed by atoms with Gasteiger partial charge in [-0.1, -0.05) is 30.3 Å². The highest BCUT2D eigenvalue weighted by molar-refractivity contribution is 5.68. The molecule has 3 fully saturated rings. The van der Waals surface area contributed by atoms with Crippen LogP contribution in [0.5, 0.6) is 0 Å². The summed E-state index contributed by atoms with van der Waals surface area (Å²) in [6, 6.07) is 10.1. The van der Waals surface area contributed by atoms with Crippen molar-refractivity contribution in [1.82, 2.24) is 14.5 Å². The van der Waals surface area contributed by atoms with Gasteiger partial charge in [0.05, 0.1) is 17.7 Å². The smallest absolute Gasteiger partial charge is 0.408 e. The van der Waals surface area contributed by atoms with Crippen LogP contribution in [-0.4, -0.2) is 36.7 Å². The summed E-state index contributed by atoms with van der Waals surface area (Å²) in [5, 5.41) is 9.71. The lowest BCUT2D eigenvalue weighted by Crippen LogP contribution is -2.81. The third kappa shape index (κ3) is 2.92. The molecule has 0 spiro atoms. The molecule has 2 aromatic rings.